The molecule has 0 aliphatic heterocycles. The average Bonchev–Trinajstić information content (AvgIpc) is 2.21. The molecule has 5 heteroatoms. The molecule has 0 heterocycles. The lowest BCUT2D eigenvalue weighted by Crippen LogP contribution is -2.11. The fourth-order valence-electron chi connectivity index (χ4n) is 1.18. The van der Waals surface area contributed by atoms with Crippen LogP contribution in [0.3, 0.4) is 0 Å². The number of nitrogens with zero attached hydrogens (tertiary/aromatic N) is 1. The fraction of sp³-hybridized carbons (Fsp3) is 0.200. The average molecular weight is 205 g/mol. The first-order valence-corrected chi connectivity index (χ1v) is 4.37. The predicted molar refractivity (Wildman–Crippen MR) is 55.9 cm³/mol. The fourth-order valence-corrected chi connectivity index (χ4v) is 1.18. The maximum atomic E-state index is 11.5. The van der Waals surface area contributed by atoms with Crippen molar-refractivity contribution in [2.45, 2.75) is 6.92 Å². The molecule has 0 aromatic heterocycles. The quantitative estimate of drug-likeness (QED) is 0.551. The van der Waals surface area contributed by atoms with E-state index in [1.165, 1.54) is 12.1 Å². The number of nitrogen functional groups attached to an aromatic ring is 2. The monoisotopic (exact) mass is 205 g/mol. The number of anilines is 2. The number of ether oxygens (including phenoxy) is 1. The molecule has 0 saturated heterocycles. The molecule has 0 spiro atoms. The number of hydrogen-bond acceptors (Lipinski definition) is 5. The van der Waals surface area contributed by atoms with Crippen molar-refractivity contribution in [1.82, 2.24) is 0 Å². The minimum atomic E-state index is -0.626. The summed E-state index contributed by atoms with van der Waals surface area (Å²) >= 11 is 0. The molecule has 0 aliphatic carbocycles. The van der Waals surface area contributed by atoms with E-state index in [4.69, 9.17) is 21.5 Å². The van der Waals surface area contributed by atoms with Crippen LogP contribution in [0.1, 0.15) is 22.8 Å². The standard InChI is InChI=1S/C10H11N3O2/c1-2-15-10(14)9-6(5-11)7(12)3-4-8(9)13/h3-4H,2,12-13H2,1H3. The van der Waals surface area contributed by atoms with Crippen molar-refractivity contribution in [1.29, 1.82) is 5.26 Å². The number of carbonyl (C=O) groups is 1. The summed E-state index contributed by atoms with van der Waals surface area (Å²) in [5.74, 6) is -0.626. The lowest BCUT2D eigenvalue weighted by atomic mass is 10.0. The first-order chi connectivity index (χ1) is 7.11. The van der Waals surface area contributed by atoms with E-state index in [0.29, 0.717) is 0 Å². The molecule has 0 unspecified atom stereocenters. The second-order valence-electron chi connectivity index (χ2n) is 2.83. The van der Waals surface area contributed by atoms with Gasteiger partial charge in [0.2, 0.25) is 0 Å². The second kappa shape index (κ2) is 4.33. The number of benzene rings is 1. The van der Waals surface area contributed by atoms with Gasteiger partial charge in [-0.2, -0.15) is 5.26 Å². The van der Waals surface area contributed by atoms with E-state index in [0.717, 1.165) is 0 Å². The van der Waals surface area contributed by atoms with Gasteiger partial charge in [-0.3, -0.25) is 0 Å². The van der Waals surface area contributed by atoms with Crippen molar-refractivity contribution in [3.05, 3.63) is 23.3 Å². The third kappa shape index (κ3) is 1.99. The summed E-state index contributed by atoms with van der Waals surface area (Å²) in [5, 5.41) is 8.85. The highest BCUT2D eigenvalue weighted by atomic mass is 16.5. The van der Waals surface area contributed by atoms with Gasteiger partial charge in [-0.1, -0.05) is 0 Å². The van der Waals surface area contributed by atoms with Crippen LogP contribution in [0.15, 0.2) is 12.1 Å². The maximum Gasteiger partial charge on any atom is 0.341 e. The van der Waals surface area contributed by atoms with Gasteiger partial charge in [-0.25, -0.2) is 4.79 Å². The Kier molecular flexibility index (Phi) is 3.13. The smallest absolute Gasteiger partial charge is 0.341 e. The van der Waals surface area contributed by atoms with Crippen LogP contribution < -0.4 is 11.5 Å². The number of esters is 1. The number of nitrogens with two attached hydrogens (primary N) is 2. The normalized spacial score (nSPS) is 9.33. The van der Waals surface area contributed by atoms with Crippen molar-refractivity contribution >= 4 is 17.3 Å². The number of hydrogen-bond donors (Lipinski definition) is 2. The molecule has 0 amide bonds. The molecular formula is C10H11N3O2. The first-order valence-electron chi connectivity index (χ1n) is 4.37. The van der Waals surface area contributed by atoms with Crippen molar-refractivity contribution in [2.75, 3.05) is 18.1 Å². The Bertz CT molecular complexity index is 435. The molecule has 0 radical (unpaired) electrons. The van der Waals surface area contributed by atoms with Crippen molar-refractivity contribution in [3.8, 4) is 6.07 Å². The second-order valence-corrected chi connectivity index (χ2v) is 2.83. The molecule has 0 aliphatic rings. The highest BCUT2D eigenvalue weighted by Gasteiger charge is 2.18. The van der Waals surface area contributed by atoms with Crippen LogP contribution in [0.2, 0.25) is 0 Å². The predicted octanol–water partition coefficient (Wildman–Crippen LogP) is 0.899. The highest BCUT2D eigenvalue weighted by molar-refractivity contribution is 5.99. The van der Waals surface area contributed by atoms with Gasteiger partial charge >= 0.3 is 5.97 Å². The maximum absolute atomic E-state index is 11.5. The zero-order valence-corrected chi connectivity index (χ0v) is 8.28. The van der Waals surface area contributed by atoms with E-state index in [2.05, 4.69) is 0 Å². The third-order valence-electron chi connectivity index (χ3n) is 1.86. The third-order valence-corrected chi connectivity index (χ3v) is 1.86. The van der Waals surface area contributed by atoms with E-state index in [9.17, 15) is 4.79 Å². The molecule has 0 bridgehead atoms. The number of rotatable bonds is 2. The molecule has 0 atom stereocenters. The van der Waals surface area contributed by atoms with Gasteiger partial charge in [0, 0.05) is 5.69 Å². The van der Waals surface area contributed by atoms with Gasteiger partial charge < -0.3 is 16.2 Å². The largest absolute Gasteiger partial charge is 0.462 e. The SMILES string of the molecule is CCOC(=O)c1c(N)ccc(N)c1C#N. The topological polar surface area (TPSA) is 102 Å². The summed E-state index contributed by atoms with van der Waals surface area (Å²) in [4.78, 5) is 11.5. The van der Waals surface area contributed by atoms with Crippen LogP contribution in [-0.2, 0) is 4.74 Å². The molecular weight excluding hydrogens is 194 g/mol. The Labute approximate surface area is 87.2 Å². The van der Waals surface area contributed by atoms with Gasteiger partial charge in [-0.15, -0.1) is 0 Å². The van der Waals surface area contributed by atoms with Gasteiger partial charge in [0.25, 0.3) is 0 Å². The van der Waals surface area contributed by atoms with E-state index in [1.54, 1.807) is 6.92 Å². The summed E-state index contributed by atoms with van der Waals surface area (Å²) in [6.45, 7) is 1.89. The van der Waals surface area contributed by atoms with E-state index in [-0.39, 0.29) is 29.1 Å². The Morgan fingerprint density at radius 3 is 2.60 bits per heavy atom. The van der Waals surface area contributed by atoms with Crippen molar-refractivity contribution in [2.24, 2.45) is 0 Å². The number of carbonyl (C=O) groups excluding carboxylic acids is 1. The summed E-state index contributed by atoms with van der Waals surface area (Å²) in [6.07, 6.45) is 0. The molecule has 0 fully saturated rings. The minimum Gasteiger partial charge on any atom is -0.462 e. The summed E-state index contributed by atoms with van der Waals surface area (Å²) in [7, 11) is 0. The molecule has 4 N–H and O–H groups in total. The van der Waals surface area contributed by atoms with Crippen LogP contribution in [-0.4, -0.2) is 12.6 Å². The first kappa shape index (κ1) is 10.9. The Morgan fingerprint density at radius 1 is 1.47 bits per heavy atom. The minimum absolute atomic E-state index is 0.0411. The summed E-state index contributed by atoms with van der Waals surface area (Å²) in [6, 6.07) is 4.80. The van der Waals surface area contributed by atoms with Crippen LogP contribution >= 0.6 is 0 Å². The highest BCUT2D eigenvalue weighted by Crippen LogP contribution is 2.23. The summed E-state index contributed by atoms with van der Waals surface area (Å²) < 4.78 is 4.78. The Hall–Kier alpha value is -2.22. The molecule has 1 aromatic rings. The zero-order chi connectivity index (χ0) is 11.4. The van der Waals surface area contributed by atoms with Crippen molar-refractivity contribution in [3.63, 3.8) is 0 Å². The Morgan fingerprint density at radius 2 is 2.07 bits per heavy atom. The molecule has 0 saturated carbocycles. The number of nitriles is 1. The molecule has 1 aromatic carbocycles. The summed E-state index contributed by atoms with van der Waals surface area (Å²) in [5.41, 5.74) is 11.7. The molecule has 1 rings (SSSR count). The lowest BCUT2D eigenvalue weighted by molar-refractivity contribution is 0.0527. The molecule has 78 valence electrons. The van der Waals surface area contributed by atoms with Crippen LogP contribution in [0.4, 0.5) is 11.4 Å². The van der Waals surface area contributed by atoms with Crippen LogP contribution in [0.25, 0.3) is 0 Å². The Balaban J connectivity index is 3.33. The van der Waals surface area contributed by atoms with Gasteiger partial charge in [0.05, 0.1) is 17.9 Å². The zero-order valence-electron chi connectivity index (χ0n) is 8.28. The van der Waals surface area contributed by atoms with E-state index < -0.39 is 5.97 Å². The van der Waals surface area contributed by atoms with Crippen LogP contribution in [0, 0.1) is 11.3 Å². The molecule has 15 heavy (non-hydrogen) atoms. The molecule has 5 nitrogen and oxygen atoms in total. The van der Waals surface area contributed by atoms with Gasteiger partial charge in [0.15, 0.2) is 0 Å². The van der Waals surface area contributed by atoms with Gasteiger partial charge in [-0.05, 0) is 19.1 Å². The van der Waals surface area contributed by atoms with E-state index in [1.807, 2.05) is 6.07 Å². The van der Waals surface area contributed by atoms with Gasteiger partial charge in [0.1, 0.15) is 11.6 Å². The van der Waals surface area contributed by atoms with E-state index >= 15 is 0 Å². The van der Waals surface area contributed by atoms with Crippen molar-refractivity contribution < 1.29 is 9.53 Å². The lowest BCUT2D eigenvalue weighted by Gasteiger charge is -2.08. The van der Waals surface area contributed by atoms with Crippen LogP contribution in [0.5, 0.6) is 0 Å².